The molecule has 13 heavy (non-hydrogen) atoms. The van der Waals surface area contributed by atoms with Gasteiger partial charge in [0.1, 0.15) is 5.76 Å². The lowest BCUT2D eigenvalue weighted by Crippen LogP contribution is -2.23. The molecule has 1 heterocycles. The fourth-order valence-electron chi connectivity index (χ4n) is 0.935. The van der Waals surface area contributed by atoms with E-state index in [1.54, 1.807) is 12.1 Å². The van der Waals surface area contributed by atoms with Gasteiger partial charge in [0.2, 0.25) is 0 Å². The molecule has 0 aliphatic carbocycles. The molecular formula is C9H14N2O2. The summed E-state index contributed by atoms with van der Waals surface area (Å²) in [6, 6.07) is 3.34. The van der Waals surface area contributed by atoms with Gasteiger partial charge in [-0.15, -0.1) is 0 Å². The number of carbonyl (C=O) groups is 1. The van der Waals surface area contributed by atoms with Crippen molar-refractivity contribution in [3.8, 4) is 0 Å². The SMILES string of the molecule is CCCNC(=O)c1ccc(CN)o1. The lowest BCUT2D eigenvalue weighted by atomic mass is 10.4. The van der Waals surface area contributed by atoms with E-state index in [-0.39, 0.29) is 5.91 Å². The van der Waals surface area contributed by atoms with Gasteiger partial charge in [-0.1, -0.05) is 6.92 Å². The lowest BCUT2D eigenvalue weighted by molar-refractivity contribution is 0.0924. The van der Waals surface area contributed by atoms with Crippen molar-refractivity contribution < 1.29 is 9.21 Å². The van der Waals surface area contributed by atoms with E-state index in [0.29, 0.717) is 24.6 Å². The molecule has 3 N–H and O–H groups in total. The molecule has 1 aromatic rings. The molecule has 72 valence electrons. The molecule has 1 amide bonds. The number of hydrogen-bond donors (Lipinski definition) is 2. The Morgan fingerprint density at radius 3 is 2.92 bits per heavy atom. The van der Waals surface area contributed by atoms with Crippen molar-refractivity contribution in [2.45, 2.75) is 19.9 Å². The molecule has 0 aliphatic rings. The van der Waals surface area contributed by atoms with Crippen LogP contribution in [-0.2, 0) is 6.54 Å². The van der Waals surface area contributed by atoms with E-state index in [4.69, 9.17) is 10.2 Å². The number of nitrogens with two attached hydrogens (primary N) is 1. The Balaban J connectivity index is 2.55. The maximum Gasteiger partial charge on any atom is 0.286 e. The van der Waals surface area contributed by atoms with E-state index in [1.165, 1.54) is 0 Å². The highest BCUT2D eigenvalue weighted by atomic mass is 16.4. The third-order valence-electron chi connectivity index (χ3n) is 1.62. The van der Waals surface area contributed by atoms with Gasteiger partial charge in [0.15, 0.2) is 5.76 Å². The van der Waals surface area contributed by atoms with E-state index < -0.39 is 0 Å². The minimum Gasteiger partial charge on any atom is -0.455 e. The highest BCUT2D eigenvalue weighted by molar-refractivity contribution is 5.91. The normalized spacial score (nSPS) is 10.0. The number of amides is 1. The summed E-state index contributed by atoms with van der Waals surface area (Å²) in [6.07, 6.45) is 0.913. The molecule has 0 atom stereocenters. The van der Waals surface area contributed by atoms with Crippen LogP contribution in [0.5, 0.6) is 0 Å². The van der Waals surface area contributed by atoms with Crippen molar-refractivity contribution in [3.05, 3.63) is 23.7 Å². The maximum absolute atomic E-state index is 11.3. The Hall–Kier alpha value is -1.29. The van der Waals surface area contributed by atoms with Crippen molar-refractivity contribution in [1.82, 2.24) is 5.32 Å². The molecule has 0 aromatic carbocycles. The zero-order chi connectivity index (χ0) is 9.68. The summed E-state index contributed by atoms with van der Waals surface area (Å²) < 4.78 is 5.15. The number of furan rings is 1. The number of carbonyl (C=O) groups excluding carboxylic acids is 1. The van der Waals surface area contributed by atoms with E-state index in [2.05, 4.69) is 5.32 Å². The Kier molecular flexibility index (Phi) is 3.52. The first-order chi connectivity index (χ1) is 6.27. The van der Waals surface area contributed by atoms with Crippen molar-refractivity contribution in [3.63, 3.8) is 0 Å². The Morgan fingerprint density at radius 1 is 1.62 bits per heavy atom. The minimum absolute atomic E-state index is 0.179. The number of rotatable bonds is 4. The van der Waals surface area contributed by atoms with Gasteiger partial charge in [0.25, 0.3) is 5.91 Å². The van der Waals surface area contributed by atoms with Crippen LogP contribution in [0.3, 0.4) is 0 Å². The maximum atomic E-state index is 11.3. The molecule has 1 rings (SSSR count). The monoisotopic (exact) mass is 182 g/mol. The van der Waals surface area contributed by atoms with Crippen LogP contribution in [0.2, 0.25) is 0 Å². The molecule has 0 unspecified atom stereocenters. The first-order valence-corrected chi connectivity index (χ1v) is 4.35. The van der Waals surface area contributed by atoms with Crippen molar-refractivity contribution in [2.75, 3.05) is 6.54 Å². The second-order valence-corrected chi connectivity index (χ2v) is 2.73. The predicted octanol–water partition coefficient (Wildman–Crippen LogP) is 0.878. The van der Waals surface area contributed by atoms with Crippen molar-refractivity contribution in [2.24, 2.45) is 5.73 Å². The summed E-state index contributed by atoms with van der Waals surface area (Å²) in [5.74, 6) is 0.775. The second-order valence-electron chi connectivity index (χ2n) is 2.73. The van der Waals surface area contributed by atoms with Crippen molar-refractivity contribution in [1.29, 1.82) is 0 Å². The first kappa shape index (κ1) is 9.80. The van der Waals surface area contributed by atoms with Gasteiger partial charge in [-0.05, 0) is 18.6 Å². The molecule has 4 nitrogen and oxygen atoms in total. The van der Waals surface area contributed by atoms with E-state index in [1.807, 2.05) is 6.92 Å². The summed E-state index contributed by atoms with van der Waals surface area (Å²) in [4.78, 5) is 11.3. The highest BCUT2D eigenvalue weighted by Gasteiger charge is 2.08. The third kappa shape index (κ3) is 2.59. The summed E-state index contributed by atoms with van der Waals surface area (Å²) in [7, 11) is 0. The fourth-order valence-corrected chi connectivity index (χ4v) is 0.935. The van der Waals surface area contributed by atoms with Gasteiger partial charge >= 0.3 is 0 Å². The van der Waals surface area contributed by atoms with Gasteiger partial charge in [-0.2, -0.15) is 0 Å². The zero-order valence-electron chi connectivity index (χ0n) is 7.67. The molecule has 0 saturated carbocycles. The van der Waals surface area contributed by atoms with Crippen LogP contribution in [0.4, 0.5) is 0 Å². The predicted molar refractivity (Wildman–Crippen MR) is 49.2 cm³/mol. The quantitative estimate of drug-likeness (QED) is 0.726. The summed E-state index contributed by atoms with van der Waals surface area (Å²) in [6.45, 7) is 2.98. The van der Waals surface area contributed by atoms with E-state index in [9.17, 15) is 4.79 Å². The molecule has 0 aliphatic heterocycles. The van der Waals surface area contributed by atoms with Gasteiger partial charge in [-0.3, -0.25) is 4.79 Å². The molecule has 0 fully saturated rings. The first-order valence-electron chi connectivity index (χ1n) is 4.35. The van der Waals surface area contributed by atoms with Crippen LogP contribution in [0.1, 0.15) is 29.7 Å². The topological polar surface area (TPSA) is 68.3 Å². The molecule has 0 saturated heterocycles. The van der Waals surface area contributed by atoms with Crippen LogP contribution in [-0.4, -0.2) is 12.5 Å². The van der Waals surface area contributed by atoms with Crippen molar-refractivity contribution >= 4 is 5.91 Å². The third-order valence-corrected chi connectivity index (χ3v) is 1.62. The minimum atomic E-state index is -0.179. The largest absolute Gasteiger partial charge is 0.455 e. The highest BCUT2D eigenvalue weighted by Crippen LogP contribution is 2.06. The van der Waals surface area contributed by atoms with Crippen LogP contribution < -0.4 is 11.1 Å². The van der Waals surface area contributed by atoms with Crippen LogP contribution in [0.25, 0.3) is 0 Å². The number of hydrogen-bond acceptors (Lipinski definition) is 3. The van der Waals surface area contributed by atoms with E-state index >= 15 is 0 Å². The molecule has 0 spiro atoms. The Labute approximate surface area is 77.1 Å². The summed E-state index contributed by atoms with van der Waals surface area (Å²) in [5.41, 5.74) is 5.34. The average Bonchev–Trinajstić information content (AvgIpc) is 2.62. The van der Waals surface area contributed by atoms with Gasteiger partial charge in [0.05, 0.1) is 6.54 Å². The molecule has 1 aromatic heterocycles. The van der Waals surface area contributed by atoms with Crippen LogP contribution in [0, 0.1) is 0 Å². The second kappa shape index (κ2) is 4.67. The molecule has 0 radical (unpaired) electrons. The molecule has 0 bridgehead atoms. The zero-order valence-corrected chi connectivity index (χ0v) is 7.67. The van der Waals surface area contributed by atoms with Crippen LogP contribution >= 0.6 is 0 Å². The lowest BCUT2D eigenvalue weighted by Gasteiger charge is -1.98. The molecular weight excluding hydrogens is 168 g/mol. The fraction of sp³-hybridized carbons (Fsp3) is 0.444. The van der Waals surface area contributed by atoms with Crippen LogP contribution in [0.15, 0.2) is 16.5 Å². The number of nitrogens with one attached hydrogen (secondary N) is 1. The summed E-state index contributed by atoms with van der Waals surface area (Å²) >= 11 is 0. The van der Waals surface area contributed by atoms with E-state index in [0.717, 1.165) is 6.42 Å². The molecule has 4 heteroatoms. The smallest absolute Gasteiger partial charge is 0.286 e. The van der Waals surface area contributed by atoms with Gasteiger partial charge in [-0.25, -0.2) is 0 Å². The Bertz CT molecular complexity index is 281. The van der Waals surface area contributed by atoms with Gasteiger partial charge < -0.3 is 15.5 Å². The Morgan fingerprint density at radius 2 is 2.38 bits per heavy atom. The summed E-state index contributed by atoms with van der Waals surface area (Å²) in [5, 5.41) is 2.71. The van der Waals surface area contributed by atoms with Gasteiger partial charge in [0, 0.05) is 6.54 Å². The average molecular weight is 182 g/mol. The standard InChI is InChI=1S/C9H14N2O2/c1-2-5-11-9(12)8-4-3-7(6-10)13-8/h3-4H,2,5-6,10H2,1H3,(H,11,12).